The molecule has 0 aromatic carbocycles. The molecule has 0 bridgehead atoms. The predicted octanol–water partition coefficient (Wildman–Crippen LogP) is 3.56. The number of aryl methyl sites for hydroxylation is 1. The van der Waals surface area contributed by atoms with Crippen LogP contribution >= 0.6 is 38.8 Å². The summed E-state index contributed by atoms with van der Waals surface area (Å²) >= 11 is 6.85. The minimum absolute atomic E-state index is 0.898. The average Bonchev–Trinajstić information content (AvgIpc) is 2.89. The van der Waals surface area contributed by atoms with Crippen molar-refractivity contribution in [2.45, 2.75) is 26.4 Å². The van der Waals surface area contributed by atoms with Gasteiger partial charge in [-0.1, -0.05) is 6.92 Å². The van der Waals surface area contributed by atoms with Crippen LogP contribution in [0.1, 0.15) is 21.7 Å². The van der Waals surface area contributed by atoms with E-state index in [1.807, 2.05) is 12.4 Å². The van der Waals surface area contributed by atoms with Gasteiger partial charge in [0.25, 0.3) is 0 Å². The van der Waals surface area contributed by atoms with E-state index in [1.54, 1.807) is 22.9 Å². The summed E-state index contributed by atoms with van der Waals surface area (Å²) in [7, 11) is 2.11. The molecule has 0 atom stereocenters. The zero-order chi connectivity index (χ0) is 12.3. The molecule has 17 heavy (non-hydrogen) atoms. The zero-order valence-corrected chi connectivity index (χ0v) is 13.0. The quantitative estimate of drug-likeness (QED) is 0.838. The largest absolute Gasteiger partial charge is 0.295 e. The van der Waals surface area contributed by atoms with Gasteiger partial charge < -0.3 is 0 Å². The van der Waals surface area contributed by atoms with Gasteiger partial charge in [-0.25, -0.2) is 4.98 Å². The Labute approximate surface area is 118 Å². The molecule has 0 radical (unpaired) electrons. The van der Waals surface area contributed by atoms with E-state index in [0.29, 0.717) is 0 Å². The van der Waals surface area contributed by atoms with Crippen molar-refractivity contribution in [2.24, 2.45) is 0 Å². The summed E-state index contributed by atoms with van der Waals surface area (Å²) in [5.74, 6) is 0. The first kappa shape index (κ1) is 13.1. The number of nitrogens with zero attached hydrogens (tertiary/aromatic N) is 3. The zero-order valence-electron chi connectivity index (χ0n) is 9.81. The van der Waals surface area contributed by atoms with Gasteiger partial charge in [0.2, 0.25) is 0 Å². The van der Waals surface area contributed by atoms with E-state index in [2.05, 4.69) is 44.2 Å². The highest BCUT2D eigenvalue weighted by Crippen LogP contribution is 2.22. The maximum Gasteiger partial charge on any atom is 0.107 e. The van der Waals surface area contributed by atoms with Crippen molar-refractivity contribution in [1.29, 1.82) is 0 Å². The molecule has 0 aliphatic carbocycles. The number of rotatable bonds is 5. The van der Waals surface area contributed by atoms with Crippen LogP contribution in [0.15, 0.2) is 16.9 Å². The molecule has 2 heterocycles. The molecule has 0 unspecified atom stereocenters. The Morgan fingerprint density at radius 2 is 2.18 bits per heavy atom. The van der Waals surface area contributed by atoms with E-state index in [0.717, 1.165) is 24.0 Å². The van der Waals surface area contributed by atoms with Gasteiger partial charge in [0.15, 0.2) is 0 Å². The minimum atomic E-state index is 0.898. The fourth-order valence-corrected chi connectivity index (χ4v) is 3.70. The first-order valence-corrected chi connectivity index (χ1v) is 7.78. The maximum absolute atomic E-state index is 4.43. The number of halogens is 1. The second-order valence-corrected chi connectivity index (χ2v) is 6.78. The maximum atomic E-state index is 4.43. The molecule has 0 aliphatic rings. The summed E-state index contributed by atoms with van der Waals surface area (Å²) in [6.07, 6.45) is 4.91. The summed E-state index contributed by atoms with van der Waals surface area (Å²) in [4.78, 5) is 9.31. The van der Waals surface area contributed by atoms with E-state index in [9.17, 15) is 0 Å². The second kappa shape index (κ2) is 6.04. The van der Waals surface area contributed by atoms with Gasteiger partial charge in [-0.2, -0.15) is 4.37 Å². The fourth-order valence-electron chi connectivity index (χ4n) is 1.47. The molecule has 2 aromatic rings. The van der Waals surface area contributed by atoms with E-state index in [-0.39, 0.29) is 0 Å². The van der Waals surface area contributed by atoms with Gasteiger partial charge >= 0.3 is 0 Å². The van der Waals surface area contributed by atoms with E-state index < -0.39 is 0 Å². The van der Waals surface area contributed by atoms with Crippen LogP contribution in [0.25, 0.3) is 0 Å². The van der Waals surface area contributed by atoms with Crippen molar-refractivity contribution in [3.05, 3.63) is 31.6 Å². The lowest BCUT2D eigenvalue weighted by Crippen LogP contribution is -2.16. The minimum Gasteiger partial charge on any atom is -0.295 e. The molecule has 0 aliphatic heterocycles. The third-order valence-corrected chi connectivity index (χ3v) is 5.22. The molecule has 0 spiro atoms. The third-order valence-electron chi connectivity index (χ3n) is 2.36. The Morgan fingerprint density at radius 3 is 2.76 bits per heavy atom. The Kier molecular flexibility index (Phi) is 4.67. The van der Waals surface area contributed by atoms with Crippen LogP contribution in [0, 0.1) is 0 Å². The fraction of sp³-hybridized carbons (Fsp3) is 0.455. The van der Waals surface area contributed by atoms with Crippen LogP contribution in [0.2, 0.25) is 0 Å². The summed E-state index contributed by atoms with van der Waals surface area (Å²) in [6, 6.07) is 0. The molecule has 0 saturated carbocycles. The summed E-state index contributed by atoms with van der Waals surface area (Å²) < 4.78 is 5.25. The molecule has 2 aromatic heterocycles. The SMILES string of the molecule is CCc1cnc(CN(C)Cc2sncc2Br)s1. The molecule has 0 amide bonds. The summed E-state index contributed by atoms with van der Waals surface area (Å²) in [6.45, 7) is 3.97. The van der Waals surface area contributed by atoms with Crippen LogP contribution in [-0.4, -0.2) is 21.3 Å². The van der Waals surface area contributed by atoms with Gasteiger partial charge in [-0.05, 0) is 40.9 Å². The van der Waals surface area contributed by atoms with Crippen molar-refractivity contribution >= 4 is 38.8 Å². The van der Waals surface area contributed by atoms with Gasteiger partial charge in [0, 0.05) is 17.6 Å². The lowest BCUT2D eigenvalue weighted by Gasteiger charge is -2.13. The normalized spacial score (nSPS) is 11.3. The molecular formula is C11H14BrN3S2. The average molecular weight is 332 g/mol. The monoisotopic (exact) mass is 331 g/mol. The van der Waals surface area contributed by atoms with Gasteiger partial charge in [0.05, 0.1) is 22.1 Å². The Hall–Kier alpha value is -0.300. The van der Waals surface area contributed by atoms with Crippen molar-refractivity contribution < 1.29 is 0 Å². The number of hydrogen-bond acceptors (Lipinski definition) is 5. The molecule has 3 nitrogen and oxygen atoms in total. The van der Waals surface area contributed by atoms with Crippen molar-refractivity contribution in [1.82, 2.24) is 14.3 Å². The van der Waals surface area contributed by atoms with Gasteiger partial charge in [-0.3, -0.25) is 4.90 Å². The molecule has 92 valence electrons. The van der Waals surface area contributed by atoms with Crippen molar-refractivity contribution in [3.8, 4) is 0 Å². The highest BCUT2D eigenvalue weighted by atomic mass is 79.9. The molecule has 0 saturated heterocycles. The molecule has 0 fully saturated rings. The smallest absolute Gasteiger partial charge is 0.107 e. The van der Waals surface area contributed by atoms with E-state index >= 15 is 0 Å². The van der Waals surface area contributed by atoms with Crippen LogP contribution in [0.5, 0.6) is 0 Å². The number of hydrogen-bond donors (Lipinski definition) is 0. The van der Waals surface area contributed by atoms with Gasteiger partial charge in [-0.15, -0.1) is 11.3 Å². The number of aromatic nitrogens is 2. The first-order valence-electron chi connectivity index (χ1n) is 5.40. The van der Waals surface area contributed by atoms with E-state index in [4.69, 9.17) is 0 Å². The third kappa shape index (κ3) is 3.58. The summed E-state index contributed by atoms with van der Waals surface area (Å²) in [5, 5.41) is 1.19. The van der Waals surface area contributed by atoms with Crippen LogP contribution in [0.3, 0.4) is 0 Å². The second-order valence-electron chi connectivity index (χ2n) is 3.84. The highest BCUT2D eigenvalue weighted by Gasteiger charge is 2.09. The summed E-state index contributed by atoms with van der Waals surface area (Å²) in [5.41, 5.74) is 0. The molecule has 0 N–H and O–H groups in total. The van der Waals surface area contributed by atoms with Crippen molar-refractivity contribution in [2.75, 3.05) is 7.05 Å². The molecule has 2 rings (SSSR count). The predicted molar refractivity (Wildman–Crippen MR) is 76.5 cm³/mol. The van der Waals surface area contributed by atoms with E-state index in [1.165, 1.54) is 14.8 Å². The Morgan fingerprint density at radius 1 is 1.35 bits per heavy atom. The van der Waals surface area contributed by atoms with Crippen molar-refractivity contribution in [3.63, 3.8) is 0 Å². The standard InChI is InChI=1S/C11H14BrN3S2/c1-3-8-4-13-11(16-8)7-15(2)6-10-9(12)5-14-17-10/h4-5H,3,6-7H2,1-2H3. The molecule has 6 heteroatoms. The lowest BCUT2D eigenvalue weighted by atomic mass is 10.4. The number of thiazole rings is 1. The van der Waals surface area contributed by atoms with Crippen LogP contribution in [-0.2, 0) is 19.5 Å². The van der Waals surface area contributed by atoms with Gasteiger partial charge in [0.1, 0.15) is 5.01 Å². The lowest BCUT2D eigenvalue weighted by molar-refractivity contribution is 0.321. The Bertz CT molecular complexity index is 481. The van der Waals surface area contributed by atoms with Crippen LogP contribution in [0.4, 0.5) is 0 Å². The highest BCUT2D eigenvalue weighted by molar-refractivity contribution is 9.10. The van der Waals surface area contributed by atoms with Crippen LogP contribution < -0.4 is 0 Å². The topological polar surface area (TPSA) is 29.0 Å². The molecular weight excluding hydrogens is 318 g/mol. The first-order chi connectivity index (χ1) is 8.19. The Balaban J connectivity index is 1.93.